The second-order valence-corrected chi connectivity index (χ2v) is 8.75. The second kappa shape index (κ2) is 5.77. The van der Waals surface area contributed by atoms with Gasteiger partial charge in [-0.15, -0.1) is 0 Å². The molecule has 0 aliphatic heterocycles. The molecule has 0 atom stereocenters. The van der Waals surface area contributed by atoms with Gasteiger partial charge < -0.3 is 0 Å². The Bertz CT molecular complexity index is 870. The minimum absolute atomic E-state index is 0.125. The van der Waals surface area contributed by atoms with E-state index < -0.39 is 0 Å². The summed E-state index contributed by atoms with van der Waals surface area (Å²) in [6.45, 7) is 13.7. The van der Waals surface area contributed by atoms with Gasteiger partial charge in [0.2, 0.25) is 0 Å². The van der Waals surface area contributed by atoms with Crippen molar-refractivity contribution in [3.05, 3.63) is 71.8 Å². The van der Waals surface area contributed by atoms with Gasteiger partial charge in [-0.05, 0) is 43.9 Å². The molecular formula is C24H28. The minimum Gasteiger partial charge on any atom is -0.0619 e. The largest absolute Gasteiger partial charge is 0.0619 e. The first kappa shape index (κ1) is 16.8. The SMILES string of the molecule is CC(C)(C)c1ccccc1-c1cccc2c(C(C)(C)C)cccc12. The first-order valence-corrected chi connectivity index (χ1v) is 8.82. The Morgan fingerprint density at radius 1 is 0.458 bits per heavy atom. The summed E-state index contributed by atoms with van der Waals surface area (Å²) in [5.41, 5.74) is 5.77. The van der Waals surface area contributed by atoms with E-state index >= 15 is 0 Å². The van der Waals surface area contributed by atoms with Gasteiger partial charge >= 0.3 is 0 Å². The van der Waals surface area contributed by atoms with Crippen LogP contribution in [0.5, 0.6) is 0 Å². The summed E-state index contributed by atoms with van der Waals surface area (Å²) >= 11 is 0. The number of rotatable bonds is 1. The van der Waals surface area contributed by atoms with Crippen LogP contribution in [-0.4, -0.2) is 0 Å². The van der Waals surface area contributed by atoms with Crippen LogP contribution in [-0.2, 0) is 10.8 Å². The fourth-order valence-electron chi connectivity index (χ4n) is 3.57. The van der Waals surface area contributed by atoms with Crippen LogP contribution in [0.1, 0.15) is 52.7 Å². The Balaban J connectivity index is 2.35. The van der Waals surface area contributed by atoms with Gasteiger partial charge in [-0.2, -0.15) is 0 Å². The summed E-state index contributed by atoms with van der Waals surface area (Å²) in [6.07, 6.45) is 0. The van der Waals surface area contributed by atoms with Crippen molar-refractivity contribution in [2.75, 3.05) is 0 Å². The first-order chi connectivity index (χ1) is 11.2. The maximum absolute atomic E-state index is 2.29. The monoisotopic (exact) mass is 316 g/mol. The molecule has 0 nitrogen and oxygen atoms in total. The normalized spacial score (nSPS) is 12.6. The molecule has 24 heavy (non-hydrogen) atoms. The highest BCUT2D eigenvalue weighted by Crippen LogP contribution is 2.39. The average molecular weight is 316 g/mol. The highest BCUT2D eigenvalue weighted by atomic mass is 14.2. The predicted octanol–water partition coefficient (Wildman–Crippen LogP) is 7.10. The third-order valence-electron chi connectivity index (χ3n) is 4.76. The van der Waals surface area contributed by atoms with Gasteiger partial charge in [0.25, 0.3) is 0 Å². The Labute approximate surface area is 146 Å². The van der Waals surface area contributed by atoms with Gasteiger partial charge in [-0.3, -0.25) is 0 Å². The minimum atomic E-state index is 0.125. The van der Waals surface area contributed by atoms with E-state index in [0.717, 1.165) is 0 Å². The molecule has 0 bridgehead atoms. The second-order valence-electron chi connectivity index (χ2n) is 8.75. The Hall–Kier alpha value is -2.08. The molecule has 0 fully saturated rings. The van der Waals surface area contributed by atoms with Crippen LogP contribution in [0, 0.1) is 0 Å². The van der Waals surface area contributed by atoms with E-state index in [0.29, 0.717) is 0 Å². The maximum atomic E-state index is 2.29. The zero-order valence-electron chi connectivity index (χ0n) is 15.8. The van der Waals surface area contributed by atoms with Crippen molar-refractivity contribution in [3.63, 3.8) is 0 Å². The van der Waals surface area contributed by atoms with E-state index in [1.54, 1.807) is 0 Å². The molecule has 0 amide bonds. The highest BCUT2D eigenvalue weighted by molar-refractivity contribution is 5.99. The van der Waals surface area contributed by atoms with Crippen molar-refractivity contribution in [1.29, 1.82) is 0 Å². The summed E-state index contributed by atoms with van der Waals surface area (Å²) in [5, 5.41) is 2.72. The molecule has 0 aliphatic carbocycles. The van der Waals surface area contributed by atoms with Crippen LogP contribution in [0.3, 0.4) is 0 Å². The molecule has 0 unspecified atom stereocenters. The summed E-state index contributed by atoms with van der Waals surface area (Å²) in [7, 11) is 0. The van der Waals surface area contributed by atoms with E-state index in [9.17, 15) is 0 Å². The standard InChI is InChI=1S/C24H28/c1-23(2,3)21-15-8-7-11-19(21)17-12-9-14-20-18(17)13-10-16-22(20)24(4,5)6/h7-16H,1-6H3. The van der Waals surface area contributed by atoms with Gasteiger partial charge in [-0.1, -0.05) is 102 Å². The van der Waals surface area contributed by atoms with Crippen LogP contribution >= 0.6 is 0 Å². The van der Waals surface area contributed by atoms with Gasteiger partial charge in [0.1, 0.15) is 0 Å². The molecule has 0 saturated carbocycles. The quantitative estimate of drug-likeness (QED) is 0.449. The lowest BCUT2D eigenvalue weighted by Gasteiger charge is -2.25. The smallest absolute Gasteiger partial charge is 0.0102 e. The molecule has 0 spiro atoms. The fourth-order valence-corrected chi connectivity index (χ4v) is 3.57. The van der Waals surface area contributed by atoms with E-state index in [1.807, 2.05) is 0 Å². The zero-order valence-corrected chi connectivity index (χ0v) is 15.8. The van der Waals surface area contributed by atoms with Crippen molar-refractivity contribution in [2.24, 2.45) is 0 Å². The average Bonchev–Trinajstić information content (AvgIpc) is 2.52. The number of fused-ring (bicyclic) bond motifs is 1. The third kappa shape index (κ3) is 2.98. The molecule has 0 aliphatic rings. The summed E-state index contributed by atoms with van der Waals surface area (Å²) < 4.78 is 0. The summed E-state index contributed by atoms with van der Waals surface area (Å²) in [5.74, 6) is 0. The van der Waals surface area contributed by atoms with Crippen molar-refractivity contribution in [3.8, 4) is 11.1 Å². The molecule has 0 aromatic heterocycles. The molecule has 0 heterocycles. The molecule has 124 valence electrons. The fraction of sp³-hybridized carbons (Fsp3) is 0.333. The van der Waals surface area contributed by atoms with Crippen LogP contribution in [0.4, 0.5) is 0 Å². The molecule has 0 radical (unpaired) electrons. The van der Waals surface area contributed by atoms with E-state index in [4.69, 9.17) is 0 Å². The third-order valence-corrected chi connectivity index (χ3v) is 4.76. The Morgan fingerprint density at radius 2 is 0.958 bits per heavy atom. The highest BCUT2D eigenvalue weighted by Gasteiger charge is 2.21. The molecule has 3 aromatic rings. The Kier molecular flexibility index (Phi) is 4.03. The first-order valence-electron chi connectivity index (χ1n) is 8.82. The van der Waals surface area contributed by atoms with Gasteiger partial charge in [-0.25, -0.2) is 0 Å². The van der Waals surface area contributed by atoms with E-state index in [1.165, 1.54) is 33.0 Å². The predicted molar refractivity (Wildman–Crippen MR) is 107 cm³/mol. The molecule has 0 saturated heterocycles. The lowest BCUT2D eigenvalue weighted by molar-refractivity contribution is 0.592. The van der Waals surface area contributed by atoms with E-state index in [2.05, 4.69) is 102 Å². The molecular weight excluding hydrogens is 288 g/mol. The Morgan fingerprint density at radius 3 is 1.62 bits per heavy atom. The van der Waals surface area contributed by atoms with Crippen molar-refractivity contribution < 1.29 is 0 Å². The molecule has 3 rings (SSSR count). The maximum Gasteiger partial charge on any atom is -0.0102 e. The number of hydrogen-bond donors (Lipinski definition) is 0. The molecule has 0 heteroatoms. The van der Waals surface area contributed by atoms with Crippen molar-refractivity contribution in [1.82, 2.24) is 0 Å². The van der Waals surface area contributed by atoms with Crippen molar-refractivity contribution >= 4 is 10.8 Å². The topological polar surface area (TPSA) is 0 Å². The van der Waals surface area contributed by atoms with E-state index in [-0.39, 0.29) is 10.8 Å². The van der Waals surface area contributed by atoms with Gasteiger partial charge in [0.05, 0.1) is 0 Å². The van der Waals surface area contributed by atoms with Gasteiger partial charge in [0.15, 0.2) is 0 Å². The van der Waals surface area contributed by atoms with Crippen LogP contribution in [0.2, 0.25) is 0 Å². The summed E-state index contributed by atoms with van der Waals surface area (Å²) in [6, 6.07) is 22.3. The van der Waals surface area contributed by atoms with Gasteiger partial charge in [0, 0.05) is 0 Å². The zero-order chi connectivity index (χ0) is 17.5. The van der Waals surface area contributed by atoms with Crippen LogP contribution < -0.4 is 0 Å². The van der Waals surface area contributed by atoms with Crippen molar-refractivity contribution in [2.45, 2.75) is 52.4 Å². The lowest BCUT2D eigenvalue weighted by Crippen LogP contribution is -2.13. The van der Waals surface area contributed by atoms with Crippen LogP contribution in [0.15, 0.2) is 60.7 Å². The molecule has 3 aromatic carbocycles. The lowest BCUT2D eigenvalue weighted by atomic mass is 9.79. The number of benzene rings is 3. The van der Waals surface area contributed by atoms with Crippen LogP contribution in [0.25, 0.3) is 21.9 Å². The molecule has 0 N–H and O–H groups in total. The number of hydrogen-bond acceptors (Lipinski definition) is 0. The summed E-state index contributed by atoms with van der Waals surface area (Å²) in [4.78, 5) is 0.